The number of amides is 1. The first-order chi connectivity index (χ1) is 17.9. The van der Waals surface area contributed by atoms with Crippen LogP contribution >= 0.6 is 11.6 Å². The average molecular weight is 527 g/mol. The third-order valence-electron chi connectivity index (χ3n) is 5.86. The molecule has 1 aliphatic rings. The number of fused-ring (bicyclic) bond motifs is 1. The fourth-order valence-electron chi connectivity index (χ4n) is 3.99. The standard InChI is InChI=1S/C23H23ClN8O5/c1-25-22(35)18-16(33)17(34)23(37-18)32-10-29-15-20(28-9-13-6-14(36-2)3-4-27-13)30-19(31-21(15)32)11-5-12(24)8-26-7-11/h3-8,10,16-18,23,33-34H,9H2,1-2H3,(H,25,35)(H,28,30,31)/t16-,17+,18-,23+/m0/s1. The maximum absolute atomic E-state index is 12.1. The van der Waals surface area contributed by atoms with Crippen molar-refractivity contribution in [3.05, 3.63) is 53.8 Å². The molecule has 4 atom stereocenters. The van der Waals surface area contributed by atoms with Crippen molar-refractivity contribution in [2.45, 2.75) is 31.1 Å². The van der Waals surface area contributed by atoms with Gasteiger partial charge in [0.15, 0.2) is 35.1 Å². The number of aliphatic hydroxyl groups excluding tert-OH is 2. The van der Waals surface area contributed by atoms with Crippen LogP contribution in [0.2, 0.25) is 5.02 Å². The molecule has 4 aromatic heterocycles. The zero-order chi connectivity index (χ0) is 26.1. The van der Waals surface area contributed by atoms with Gasteiger partial charge < -0.3 is 30.3 Å². The minimum absolute atomic E-state index is 0.279. The van der Waals surface area contributed by atoms with Crippen LogP contribution in [-0.4, -0.2) is 78.1 Å². The Morgan fingerprint density at radius 2 is 2.05 bits per heavy atom. The number of imidazole rings is 1. The first-order valence-electron chi connectivity index (χ1n) is 11.2. The zero-order valence-electron chi connectivity index (χ0n) is 19.7. The van der Waals surface area contributed by atoms with Gasteiger partial charge in [-0.25, -0.2) is 15.0 Å². The first kappa shape index (κ1) is 24.8. The molecular weight excluding hydrogens is 504 g/mol. The zero-order valence-corrected chi connectivity index (χ0v) is 20.5. The lowest BCUT2D eigenvalue weighted by Gasteiger charge is -2.17. The largest absolute Gasteiger partial charge is 0.497 e. The summed E-state index contributed by atoms with van der Waals surface area (Å²) < 4.78 is 12.4. The summed E-state index contributed by atoms with van der Waals surface area (Å²) in [5, 5.41) is 27.1. The van der Waals surface area contributed by atoms with Crippen molar-refractivity contribution in [2.24, 2.45) is 0 Å². The summed E-state index contributed by atoms with van der Waals surface area (Å²) in [5.74, 6) is 0.749. The summed E-state index contributed by atoms with van der Waals surface area (Å²) in [6, 6.07) is 5.19. The number of carbonyl (C=O) groups excluding carboxylic acids is 1. The monoisotopic (exact) mass is 526 g/mol. The number of likely N-dealkylation sites (N-methyl/N-ethyl adjacent to an activating group) is 1. The number of carbonyl (C=O) groups is 1. The predicted octanol–water partition coefficient (Wildman–Crippen LogP) is 0.923. The van der Waals surface area contributed by atoms with E-state index < -0.39 is 30.4 Å². The van der Waals surface area contributed by atoms with Crippen molar-refractivity contribution in [1.82, 2.24) is 34.8 Å². The van der Waals surface area contributed by atoms with E-state index in [1.807, 2.05) is 0 Å². The molecule has 13 nitrogen and oxygen atoms in total. The fourth-order valence-corrected chi connectivity index (χ4v) is 4.17. The lowest BCUT2D eigenvalue weighted by Crippen LogP contribution is -2.41. The van der Waals surface area contributed by atoms with E-state index in [9.17, 15) is 15.0 Å². The number of aliphatic hydroxyl groups is 2. The number of nitrogens with zero attached hydrogens (tertiary/aromatic N) is 6. The van der Waals surface area contributed by atoms with E-state index in [-0.39, 0.29) is 5.82 Å². The molecule has 0 aromatic carbocycles. The summed E-state index contributed by atoms with van der Waals surface area (Å²) in [6.45, 7) is 0.295. The molecule has 14 heteroatoms. The normalized spacial score (nSPS) is 21.2. The molecule has 5 heterocycles. The van der Waals surface area contributed by atoms with E-state index in [1.54, 1.807) is 37.7 Å². The van der Waals surface area contributed by atoms with Crippen molar-refractivity contribution < 1.29 is 24.5 Å². The SMILES string of the molecule is CNC(=O)[C@H]1O[C@@H](n2cnc3c(NCc4cc(OC)ccn4)nc(-c4cncc(Cl)c4)nc32)[C@H](O)[C@@H]1O. The minimum atomic E-state index is -1.45. The molecule has 0 aliphatic carbocycles. The molecule has 1 saturated heterocycles. The highest BCUT2D eigenvalue weighted by atomic mass is 35.5. The molecule has 0 radical (unpaired) electrons. The number of ether oxygens (including phenoxy) is 2. The van der Waals surface area contributed by atoms with Crippen LogP contribution in [0, 0.1) is 0 Å². The number of nitrogens with one attached hydrogen (secondary N) is 2. The van der Waals surface area contributed by atoms with Gasteiger partial charge in [0, 0.05) is 37.3 Å². The van der Waals surface area contributed by atoms with E-state index >= 15 is 0 Å². The second kappa shape index (κ2) is 10.2. The fraction of sp³-hybridized carbons (Fsp3) is 0.304. The van der Waals surface area contributed by atoms with Gasteiger partial charge in [0.1, 0.15) is 18.0 Å². The van der Waals surface area contributed by atoms with Crippen LogP contribution in [0.4, 0.5) is 5.82 Å². The molecule has 1 aliphatic heterocycles. The smallest absolute Gasteiger partial charge is 0.251 e. The summed E-state index contributed by atoms with van der Waals surface area (Å²) in [7, 11) is 2.99. The number of pyridine rings is 2. The Morgan fingerprint density at radius 1 is 1.22 bits per heavy atom. The van der Waals surface area contributed by atoms with Crippen molar-refractivity contribution in [3.63, 3.8) is 0 Å². The summed E-state index contributed by atoms with van der Waals surface area (Å²) in [6.07, 6.45) is 0.837. The highest BCUT2D eigenvalue weighted by Gasteiger charge is 2.47. The van der Waals surface area contributed by atoms with Gasteiger partial charge in [0.2, 0.25) is 0 Å². The Bertz CT molecular complexity index is 1450. The van der Waals surface area contributed by atoms with E-state index in [2.05, 4.69) is 35.6 Å². The van der Waals surface area contributed by atoms with Gasteiger partial charge >= 0.3 is 0 Å². The molecule has 4 N–H and O–H groups in total. The topological polar surface area (TPSA) is 169 Å². The van der Waals surface area contributed by atoms with Crippen LogP contribution in [0.25, 0.3) is 22.6 Å². The van der Waals surface area contributed by atoms with E-state index in [1.165, 1.54) is 24.1 Å². The maximum atomic E-state index is 12.1. The van der Waals surface area contributed by atoms with Crippen molar-refractivity contribution in [3.8, 4) is 17.1 Å². The van der Waals surface area contributed by atoms with Gasteiger partial charge in [-0.05, 0) is 12.1 Å². The quantitative estimate of drug-likeness (QED) is 0.270. The number of hydrogen-bond acceptors (Lipinski definition) is 11. The Balaban J connectivity index is 1.57. The van der Waals surface area contributed by atoms with Crippen molar-refractivity contribution in [1.29, 1.82) is 0 Å². The highest BCUT2D eigenvalue weighted by Crippen LogP contribution is 2.34. The maximum Gasteiger partial charge on any atom is 0.251 e. The minimum Gasteiger partial charge on any atom is -0.497 e. The van der Waals surface area contributed by atoms with Crippen LogP contribution in [-0.2, 0) is 16.1 Å². The lowest BCUT2D eigenvalue weighted by atomic mass is 10.1. The molecule has 192 valence electrons. The van der Waals surface area contributed by atoms with Crippen molar-refractivity contribution >= 4 is 34.5 Å². The Morgan fingerprint density at radius 3 is 2.81 bits per heavy atom. The molecular formula is C23H23ClN8O5. The van der Waals surface area contributed by atoms with Crippen LogP contribution in [0.5, 0.6) is 5.75 Å². The van der Waals surface area contributed by atoms with Crippen LogP contribution in [0.3, 0.4) is 0 Å². The number of rotatable bonds is 7. The van der Waals surface area contributed by atoms with Crippen LogP contribution in [0.1, 0.15) is 11.9 Å². The molecule has 0 saturated carbocycles. The van der Waals surface area contributed by atoms with E-state index in [0.29, 0.717) is 45.6 Å². The predicted molar refractivity (Wildman–Crippen MR) is 132 cm³/mol. The molecule has 37 heavy (non-hydrogen) atoms. The molecule has 1 amide bonds. The van der Waals surface area contributed by atoms with Crippen LogP contribution in [0.15, 0.2) is 43.1 Å². The highest BCUT2D eigenvalue weighted by molar-refractivity contribution is 6.30. The lowest BCUT2D eigenvalue weighted by molar-refractivity contribution is -0.137. The van der Waals surface area contributed by atoms with Gasteiger partial charge in [0.05, 0.1) is 30.7 Å². The van der Waals surface area contributed by atoms with Gasteiger partial charge in [-0.3, -0.25) is 19.3 Å². The Hall–Kier alpha value is -3.91. The molecule has 0 unspecified atom stereocenters. The van der Waals surface area contributed by atoms with Gasteiger partial charge in [-0.1, -0.05) is 11.6 Å². The summed E-state index contributed by atoms with van der Waals surface area (Å²) >= 11 is 6.14. The summed E-state index contributed by atoms with van der Waals surface area (Å²) in [4.78, 5) is 34.3. The molecule has 1 fully saturated rings. The molecule has 4 aromatic rings. The van der Waals surface area contributed by atoms with Gasteiger partial charge in [0.25, 0.3) is 5.91 Å². The second-order valence-electron chi connectivity index (χ2n) is 8.19. The Kier molecular flexibility index (Phi) is 6.84. The Labute approximate surface area is 215 Å². The number of anilines is 1. The van der Waals surface area contributed by atoms with Crippen molar-refractivity contribution in [2.75, 3.05) is 19.5 Å². The van der Waals surface area contributed by atoms with E-state index in [0.717, 1.165) is 0 Å². The third kappa shape index (κ3) is 4.76. The number of aromatic nitrogens is 6. The number of halogens is 1. The number of methoxy groups -OCH3 is 1. The summed E-state index contributed by atoms with van der Waals surface area (Å²) in [5.41, 5.74) is 1.90. The molecule has 0 bridgehead atoms. The third-order valence-corrected chi connectivity index (χ3v) is 6.07. The van der Waals surface area contributed by atoms with Gasteiger partial charge in [-0.2, -0.15) is 0 Å². The average Bonchev–Trinajstić information content (AvgIpc) is 3.47. The van der Waals surface area contributed by atoms with E-state index in [4.69, 9.17) is 21.1 Å². The van der Waals surface area contributed by atoms with Gasteiger partial charge in [-0.15, -0.1) is 0 Å². The first-order valence-corrected chi connectivity index (χ1v) is 11.6. The molecule has 5 rings (SSSR count). The molecule has 0 spiro atoms. The van der Waals surface area contributed by atoms with Crippen LogP contribution < -0.4 is 15.4 Å². The second-order valence-corrected chi connectivity index (χ2v) is 8.63. The number of hydrogen-bond donors (Lipinski definition) is 4.